The fourth-order valence-electron chi connectivity index (χ4n) is 3.46. The van der Waals surface area contributed by atoms with Crippen LogP contribution >= 0.6 is 24.0 Å². The average Bonchev–Trinajstić information content (AvgIpc) is 3.24. The SMILES string of the molecule is CN=C(NCC1CCCN1C)NCC1(c2cccc(F)c2)CC1.I. The van der Waals surface area contributed by atoms with Crippen molar-refractivity contribution in [2.24, 2.45) is 4.99 Å². The lowest BCUT2D eigenvalue weighted by molar-refractivity contribution is 0.309. The second kappa shape index (κ2) is 8.47. The van der Waals surface area contributed by atoms with Gasteiger partial charge in [0, 0.05) is 31.6 Å². The zero-order valence-electron chi connectivity index (χ0n) is 14.5. The molecule has 1 aliphatic carbocycles. The topological polar surface area (TPSA) is 39.7 Å². The quantitative estimate of drug-likeness (QED) is 0.415. The number of guanidine groups is 1. The maximum absolute atomic E-state index is 13.5. The van der Waals surface area contributed by atoms with Crippen LogP contribution in [0.15, 0.2) is 29.3 Å². The number of rotatable bonds is 5. The number of nitrogens with zero attached hydrogens (tertiary/aromatic N) is 2. The number of halogens is 2. The molecule has 1 unspecified atom stereocenters. The molecule has 2 aliphatic rings. The van der Waals surface area contributed by atoms with Crippen LogP contribution in [0.1, 0.15) is 31.2 Å². The van der Waals surface area contributed by atoms with E-state index in [1.54, 1.807) is 19.2 Å². The van der Waals surface area contributed by atoms with Crippen molar-refractivity contribution in [3.63, 3.8) is 0 Å². The van der Waals surface area contributed by atoms with Gasteiger partial charge in [-0.1, -0.05) is 12.1 Å². The van der Waals surface area contributed by atoms with E-state index in [-0.39, 0.29) is 35.2 Å². The van der Waals surface area contributed by atoms with Crippen LogP contribution in [0.3, 0.4) is 0 Å². The fourth-order valence-corrected chi connectivity index (χ4v) is 3.46. The molecule has 0 amide bonds. The second-order valence-corrected chi connectivity index (χ2v) is 6.87. The predicted octanol–water partition coefficient (Wildman–Crippen LogP) is 2.73. The lowest BCUT2D eigenvalue weighted by atomic mass is 9.96. The number of likely N-dealkylation sites (tertiary alicyclic amines) is 1. The molecule has 134 valence electrons. The van der Waals surface area contributed by atoms with E-state index in [2.05, 4.69) is 27.6 Å². The van der Waals surface area contributed by atoms with Gasteiger partial charge in [0.25, 0.3) is 0 Å². The third-order valence-corrected chi connectivity index (χ3v) is 5.29. The van der Waals surface area contributed by atoms with Crippen molar-refractivity contribution in [2.75, 3.05) is 33.7 Å². The summed E-state index contributed by atoms with van der Waals surface area (Å²) >= 11 is 0. The van der Waals surface area contributed by atoms with E-state index in [0.717, 1.165) is 37.5 Å². The number of likely N-dealkylation sites (N-methyl/N-ethyl adjacent to an activating group) is 1. The van der Waals surface area contributed by atoms with Gasteiger partial charge in [0.05, 0.1) is 0 Å². The van der Waals surface area contributed by atoms with Gasteiger partial charge in [-0.15, -0.1) is 24.0 Å². The summed E-state index contributed by atoms with van der Waals surface area (Å²) in [4.78, 5) is 6.72. The molecule has 3 rings (SSSR count). The maximum atomic E-state index is 13.5. The Hall–Kier alpha value is -0.890. The summed E-state index contributed by atoms with van der Waals surface area (Å²) in [5, 5.41) is 6.85. The Bertz CT molecular complexity index is 574. The number of nitrogens with one attached hydrogen (secondary N) is 2. The Balaban J connectivity index is 0.00000208. The molecule has 0 aromatic heterocycles. The van der Waals surface area contributed by atoms with Gasteiger partial charge in [-0.3, -0.25) is 4.99 Å². The molecule has 0 spiro atoms. The van der Waals surface area contributed by atoms with Crippen LogP contribution in [0, 0.1) is 5.82 Å². The molecule has 1 saturated carbocycles. The van der Waals surface area contributed by atoms with E-state index in [9.17, 15) is 4.39 Å². The Morgan fingerprint density at radius 3 is 2.75 bits per heavy atom. The largest absolute Gasteiger partial charge is 0.356 e. The number of hydrogen-bond acceptors (Lipinski definition) is 2. The molecule has 2 N–H and O–H groups in total. The van der Waals surface area contributed by atoms with E-state index in [4.69, 9.17) is 0 Å². The van der Waals surface area contributed by atoms with Gasteiger partial charge in [-0.05, 0) is 57.0 Å². The third-order valence-electron chi connectivity index (χ3n) is 5.29. The van der Waals surface area contributed by atoms with Gasteiger partial charge in [0.1, 0.15) is 5.82 Å². The van der Waals surface area contributed by atoms with Gasteiger partial charge < -0.3 is 15.5 Å². The fraction of sp³-hybridized carbons (Fsp3) is 0.611. The van der Waals surface area contributed by atoms with Crippen molar-refractivity contribution in [1.82, 2.24) is 15.5 Å². The van der Waals surface area contributed by atoms with E-state index in [0.29, 0.717) is 6.04 Å². The standard InChI is InChI=1S/C18H27FN4.HI/c1-20-17(21-12-16-7-4-10-23(16)2)22-13-18(8-9-18)14-5-3-6-15(19)11-14;/h3,5-6,11,16H,4,7-10,12-13H2,1-2H3,(H2,20,21,22);1H. The van der Waals surface area contributed by atoms with E-state index >= 15 is 0 Å². The number of hydrogen-bond donors (Lipinski definition) is 2. The van der Waals surface area contributed by atoms with Crippen LogP contribution < -0.4 is 10.6 Å². The van der Waals surface area contributed by atoms with Crippen molar-refractivity contribution in [3.05, 3.63) is 35.6 Å². The molecule has 2 fully saturated rings. The highest BCUT2D eigenvalue weighted by Gasteiger charge is 2.44. The van der Waals surface area contributed by atoms with Gasteiger partial charge in [0.15, 0.2) is 5.96 Å². The van der Waals surface area contributed by atoms with Crippen molar-refractivity contribution in [2.45, 2.75) is 37.1 Å². The molecule has 6 heteroatoms. The molecule has 0 radical (unpaired) electrons. The number of aliphatic imine (C=N–C) groups is 1. The molecule has 0 bridgehead atoms. The Morgan fingerprint density at radius 2 is 2.17 bits per heavy atom. The molecule has 24 heavy (non-hydrogen) atoms. The normalized spacial score (nSPS) is 22.8. The highest BCUT2D eigenvalue weighted by molar-refractivity contribution is 14.0. The molecular weight excluding hydrogens is 418 g/mol. The van der Waals surface area contributed by atoms with Crippen LogP contribution in [-0.4, -0.2) is 50.6 Å². The summed E-state index contributed by atoms with van der Waals surface area (Å²) in [7, 11) is 3.98. The summed E-state index contributed by atoms with van der Waals surface area (Å²) in [6.07, 6.45) is 4.73. The summed E-state index contributed by atoms with van der Waals surface area (Å²) in [6.45, 7) is 2.90. The highest BCUT2D eigenvalue weighted by atomic mass is 127. The van der Waals surface area contributed by atoms with Crippen molar-refractivity contribution >= 4 is 29.9 Å². The van der Waals surface area contributed by atoms with E-state index < -0.39 is 0 Å². The van der Waals surface area contributed by atoms with Gasteiger partial charge in [-0.2, -0.15) is 0 Å². The van der Waals surface area contributed by atoms with E-state index in [1.807, 2.05) is 6.07 Å². The maximum Gasteiger partial charge on any atom is 0.191 e. The lowest BCUT2D eigenvalue weighted by Gasteiger charge is -2.23. The van der Waals surface area contributed by atoms with Crippen LogP contribution in [0.5, 0.6) is 0 Å². The van der Waals surface area contributed by atoms with Crippen molar-refractivity contribution in [1.29, 1.82) is 0 Å². The lowest BCUT2D eigenvalue weighted by Crippen LogP contribution is -2.45. The Morgan fingerprint density at radius 1 is 1.38 bits per heavy atom. The molecule has 1 saturated heterocycles. The second-order valence-electron chi connectivity index (χ2n) is 6.87. The summed E-state index contributed by atoms with van der Waals surface area (Å²) < 4.78 is 13.5. The van der Waals surface area contributed by atoms with Crippen molar-refractivity contribution in [3.8, 4) is 0 Å². The summed E-state index contributed by atoms with van der Waals surface area (Å²) in [5.74, 6) is 0.688. The first-order valence-electron chi connectivity index (χ1n) is 8.54. The van der Waals surface area contributed by atoms with Crippen LogP contribution in [0.25, 0.3) is 0 Å². The first-order valence-corrected chi connectivity index (χ1v) is 8.54. The van der Waals surface area contributed by atoms with Crippen molar-refractivity contribution < 1.29 is 4.39 Å². The summed E-state index contributed by atoms with van der Waals surface area (Å²) in [6, 6.07) is 7.59. The molecular formula is C18H28FIN4. The third kappa shape index (κ3) is 4.59. The first kappa shape index (κ1) is 19.4. The van der Waals surface area contributed by atoms with Gasteiger partial charge in [0.2, 0.25) is 0 Å². The predicted molar refractivity (Wildman–Crippen MR) is 108 cm³/mol. The smallest absolute Gasteiger partial charge is 0.191 e. The number of benzene rings is 1. The molecule has 1 aromatic carbocycles. The molecule has 1 aromatic rings. The minimum absolute atomic E-state index is 0. The molecule has 4 nitrogen and oxygen atoms in total. The zero-order valence-corrected chi connectivity index (χ0v) is 16.8. The zero-order chi connectivity index (χ0) is 16.3. The first-order chi connectivity index (χ1) is 11.1. The average molecular weight is 446 g/mol. The highest BCUT2D eigenvalue weighted by Crippen LogP contribution is 2.47. The Kier molecular flexibility index (Phi) is 6.86. The van der Waals surface area contributed by atoms with E-state index in [1.165, 1.54) is 25.5 Å². The molecule has 1 aliphatic heterocycles. The molecule has 1 heterocycles. The van der Waals surface area contributed by atoms with Crippen LogP contribution in [-0.2, 0) is 5.41 Å². The minimum atomic E-state index is -0.152. The van der Waals surface area contributed by atoms with Gasteiger partial charge in [-0.25, -0.2) is 4.39 Å². The summed E-state index contributed by atoms with van der Waals surface area (Å²) in [5.41, 5.74) is 1.17. The Labute approximate surface area is 161 Å². The minimum Gasteiger partial charge on any atom is -0.356 e. The monoisotopic (exact) mass is 446 g/mol. The van der Waals surface area contributed by atoms with Crippen LogP contribution in [0.4, 0.5) is 4.39 Å². The van der Waals surface area contributed by atoms with Gasteiger partial charge >= 0.3 is 0 Å². The van der Waals surface area contributed by atoms with Crippen LogP contribution in [0.2, 0.25) is 0 Å². The molecule has 1 atom stereocenters.